The van der Waals surface area contributed by atoms with Crippen LogP contribution < -0.4 is 0 Å². The second kappa shape index (κ2) is 4.89. The van der Waals surface area contributed by atoms with E-state index >= 15 is 0 Å². The molecular formula is C15H9F2NO2S. The van der Waals surface area contributed by atoms with Gasteiger partial charge >= 0.3 is 5.97 Å². The molecule has 0 amide bonds. The molecule has 0 atom stereocenters. The van der Waals surface area contributed by atoms with Crippen LogP contribution in [0.3, 0.4) is 0 Å². The van der Waals surface area contributed by atoms with Crippen molar-refractivity contribution in [3.05, 3.63) is 53.1 Å². The van der Waals surface area contributed by atoms with Gasteiger partial charge in [-0.3, -0.25) is 0 Å². The van der Waals surface area contributed by atoms with E-state index in [0.717, 1.165) is 11.3 Å². The van der Waals surface area contributed by atoms with Crippen LogP contribution in [-0.2, 0) is 0 Å². The number of carboxylic acids is 1. The number of aryl methyl sites for hydroxylation is 1. The smallest absolute Gasteiger partial charge is 0.335 e. The van der Waals surface area contributed by atoms with Gasteiger partial charge in [0, 0.05) is 0 Å². The first-order valence-electron chi connectivity index (χ1n) is 6.06. The number of carboxylic acid groups (broad SMARTS) is 1. The summed E-state index contributed by atoms with van der Waals surface area (Å²) in [6.07, 6.45) is 0. The number of aromatic carboxylic acids is 1. The summed E-state index contributed by atoms with van der Waals surface area (Å²) in [4.78, 5) is 15.1. The number of thiazole rings is 1. The Labute approximate surface area is 122 Å². The maximum atomic E-state index is 14.1. The fraction of sp³-hybridized carbons (Fsp3) is 0.0667. The number of benzene rings is 2. The second-order valence-corrected chi connectivity index (χ2v) is 5.59. The predicted octanol–water partition coefficient (Wildman–Crippen LogP) is 4.25. The number of halogens is 2. The Balaban J connectivity index is 2.22. The lowest BCUT2D eigenvalue weighted by Crippen LogP contribution is -1.94. The normalized spacial score (nSPS) is 11.0. The van der Waals surface area contributed by atoms with Gasteiger partial charge in [-0.25, -0.2) is 18.6 Å². The molecule has 0 spiro atoms. The minimum Gasteiger partial charge on any atom is -0.478 e. The van der Waals surface area contributed by atoms with Gasteiger partial charge in [-0.1, -0.05) is 6.07 Å². The molecule has 0 bridgehead atoms. The molecule has 3 nitrogen and oxygen atoms in total. The van der Waals surface area contributed by atoms with Gasteiger partial charge in [0.1, 0.15) is 16.6 Å². The topological polar surface area (TPSA) is 50.2 Å². The summed E-state index contributed by atoms with van der Waals surface area (Å²) in [5.41, 5.74) is 0.785. The highest BCUT2D eigenvalue weighted by atomic mass is 32.1. The average molecular weight is 305 g/mol. The molecule has 2 aromatic carbocycles. The van der Waals surface area contributed by atoms with E-state index in [1.807, 2.05) is 0 Å². The van der Waals surface area contributed by atoms with Gasteiger partial charge in [0.05, 0.1) is 21.3 Å². The van der Waals surface area contributed by atoms with Gasteiger partial charge in [-0.2, -0.15) is 0 Å². The van der Waals surface area contributed by atoms with Gasteiger partial charge < -0.3 is 5.11 Å². The zero-order valence-electron chi connectivity index (χ0n) is 10.9. The maximum Gasteiger partial charge on any atom is 0.335 e. The molecule has 1 aromatic heterocycles. The molecular weight excluding hydrogens is 296 g/mol. The van der Waals surface area contributed by atoms with Crippen LogP contribution >= 0.6 is 11.3 Å². The van der Waals surface area contributed by atoms with Crippen LogP contribution in [0.1, 0.15) is 15.9 Å². The summed E-state index contributed by atoms with van der Waals surface area (Å²) < 4.78 is 28.6. The third-order valence-electron chi connectivity index (χ3n) is 3.13. The molecule has 3 rings (SSSR count). The standard InChI is InChI=1S/C15H9F2NO2S/c1-7-2-4-9(16)12(13(7)17)14-18-10-5-3-8(15(19)20)6-11(10)21-14/h2-6H,1H3,(H,19,20). The lowest BCUT2D eigenvalue weighted by molar-refractivity contribution is 0.0697. The molecule has 106 valence electrons. The molecule has 1 heterocycles. The number of nitrogens with zero attached hydrogens (tertiary/aromatic N) is 1. The molecule has 1 N–H and O–H groups in total. The van der Waals surface area contributed by atoms with E-state index in [-0.39, 0.29) is 16.1 Å². The molecule has 0 unspecified atom stereocenters. The Hall–Kier alpha value is -2.34. The lowest BCUT2D eigenvalue weighted by atomic mass is 10.1. The van der Waals surface area contributed by atoms with Crippen molar-refractivity contribution < 1.29 is 18.7 Å². The summed E-state index contributed by atoms with van der Waals surface area (Å²) in [5.74, 6) is -2.39. The first kappa shape index (κ1) is 13.6. The maximum absolute atomic E-state index is 14.1. The molecule has 0 fully saturated rings. The summed E-state index contributed by atoms with van der Waals surface area (Å²) >= 11 is 1.06. The van der Waals surface area contributed by atoms with Crippen molar-refractivity contribution >= 4 is 27.5 Å². The zero-order valence-corrected chi connectivity index (χ0v) is 11.7. The highest BCUT2D eigenvalue weighted by Crippen LogP contribution is 2.34. The Bertz CT molecular complexity index is 873. The summed E-state index contributed by atoms with van der Waals surface area (Å²) in [6, 6.07) is 6.96. The van der Waals surface area contributed by atoms with E-state index in [1.165, 1.54) is 30.3 Å². The molecule has 0 saturated carbocycles. The predicted molar refractivity (Wildman–Crippen MR) is 76.7 cm³/mol. The van der Waals surface area contributed by atoms with Crippen LogP contribution in [0.5, 0.6) is 0 Å². The van der Waals surface area contributed by atoms with Crippen LogP contribution in [0.15, 0.2) is 30.3 Å². The quantitative estimate of drug-likeness (QED) is 0.770. The first-order chi connectivity index (χ1) is 9.97. The average Bonchev–Trinajstić information content (AvgIpc) is 2.85. The van der Waals surface area contributed by atoms with Crippen molar-refractivity contribution in [2.24, 2.45) is 0 Å². The van der Waals surface area contributed by atoms with E-state index in [4.69, 9.17) is 5.11 Å². The van der Waals surface area contributed by atoms with Crippen molar-refractivity contribution in [2.75, 3.05) is 0 Å². The van der Waals surface area contributed by atoms with E-state index in [9.17, 15) is 13.6 Å². The molecule has 0 saturated heterocycles. The molecule has 0 radical (unpaired) electrons. The zero-order chi connectivity index (χ0) is 15.1. The van der Waals surface area contributed by atoms with E-state index in [1.54, 1.807) is 6.92 Å². The highest BCUT2D eigenvalue weighted by molar-refractivity contribution is 7.21. The van der Waals surface area contributed by atoms with Gasteiger partial charge in [-0.05, 0) is 36.8 Å². The number of hydrogen-bond donors (Lipinski definition) is 1. The fourth-order valence-electron chi connectivity index (χ4n) is 2.02. The van der Waals surface area contributed by atoms with Gasteiger partial charge in [0.25, 0.3) is 0 Å². The van der Waals surface area contributed by atoms with Gasteiger partial charge in [0.15, 0.2) is 0 Å². The van der Waals surface area contributed by atoms with Crippen molar-refractivity contribution in [2.45, 2.75) is 6.92 Å². The number of aromatic nitrogens is 1. The van der Waals surface area contributed by atoms with Crippen LogP contribution in [0.2, 0.25) is 0 Å². The lowest BCUT2D eigenvalue weighted by Gasteiger charge is -2.03. The van der Waals surface area contributed by atoms with Crippen molar-refractivity contribution in [1.82, 2.24) is 4.98 Å². The number of hydrogen-bond acceptors (Lipinski definition) is 3. The second-order valence-electron chi connectivity index (χ2n) is 4.56. The SMILES string of the molecule is Cc1ccc(F)c(-c2nc3ccc(C(=O)O)cc3s2)c1F. The highest BCUT2D eigenvalue weighted by Gasteiger charge is 2.18. The number of rotatable bonds is 2. The molecule has 0 aliphatic carbocycles. The molecule has 0 aliphatic rings. The monoisotopic (exact) mass is 305 g/mol. The Morgan fingerprint density at radius 2 is 2.00 bits per heavy atom. The van der Waals surface area contributed by atoms with Gasteiger partial charge in [-0.15, -0.1) is 11.3 Å². The third-order valence-corrected chi connectivity index (χ3v) is 4.17. The minimum atomic E-state index is -1.06. The summed E-state index contributed by atoms with van der Waals surface area (Å²) in [5, 5.41) is 9.16. The first-order valence-corrected chi connectivity index (χ1v) is 6.88. The molecule has 21 heavy (non-hydrogen) atoms. The van der Waals surface area contributed by atoms with Crippen LogP contribution in [0, 0.1) is 18.6 Å². The van der Waals surface area contributed by atoms with Crippen LogP contribution in [0.25, 0.3) is 20.8 Å². The van der Waals surface area contributed by atoms with E-state index in [0.29, 0.717) is 15.8 Å². The number of fused-ring (bicyclic) bond motifs is 1. The molecule has 3 aromatic rings. The largest absolute Gasteiger partial charge is 0.478 e. The van der Waals surface area contributed by atoms with E-state index in [2.05, 4.69) is 4.98 Å². The molecule has 6 heteroatoms. The van der Waals surface area contributed by atoms with Gasteiger partial charge in [0.2, 0.25) is 0 Å². The van der Waals surface area contributed by atoms with Crippen molar-refractivity contribution in [3.63, 3.8) is 0 Å². The third kappa shape index (κ3) is 2.27. The Kier molecular flexibility index (Phi) is 3.17. The minimum absolute atomic E-state index is 0.114. The fourth-order valence-corrected chi connectivity index (χ4v) is 3.06. The van der Waals surface area contributed by atoms with Crippen molar-refractivity contribution in [3.8, 4) is 10.6 Å². The van der Waals surface area contributed by atoms with E-state index < -0.39 is 17.6 Å². The Morgan fingerprint density at radius 1 is 1.24 bits per heavy atom. The molecule has 0 aliphatic heterocycles. The summed E-state index contributed by atoms with van der Waals surface area (Å²) in [7, 11) is 0. The van der Waals surface area contributed by atoms with Crippen LogP contribution in [-0.4, -0.2) is 16.1 Å². The van der Waals surface area contributed by atoms with Crippen molar-refractivity contribution in [1.29, 1.82) is 0 Å². The Morgan fingerprint density at radius 3 is 2.71 bits per heavy atom. The van der Waals surface area contributed by atoms with Crippen LogP contribution in [0.4, 0.5) is 8.78 Å². The summed E-state index contributed by atoms with van der Waals surface area (Å²) in [6.45, 7) is 1.55. The number of carbonyl (C=O) groups is 1.